The van der Waals surface area contributed by atoms with Gasteiger partial charge < -0.3 is 9.88 Å². The fraction of sp³-hybridized carbons (Fsp3) is 0.455. The van der Waals surface area contributed by atoms with Gasteiger partial charge >= 0.3 is 0 Å². The van der Waals surface area contributed by atoms with Crippen molar-refractivity contribution >= 4 is 0 Å². The van der Waals surface area contributed by atoms with Crippen molar-refractivity contribution < 1.29 is 0 Å². The summed E-state index contributed by atoms with van der Waals surface area (Å²) in [6, 6.07) is 0. The van der Waals surface area contributed by atoms with Crippen molar-refractivity contribution in [3.63, 3.8) is 0 Å². The topological polar surface area (TPSA) is 47.7 Å². The maximum atomic E-state index is 4.43. The Morgan fingerprint density at radius 1 is 1.44 bits per heavy atom. The van der Waals surface area contributed by atoms with E-state index in [0.717, 1.165) is 37.6 Å². The number of hydrogen-bond acceptors (Lipinski definition) is 3. The average Bonchev–Trinajstić information content (AvgIpc) is 2.94. The van der Waals surface area contributed by atoms with Crippen molar-refractivity contribution in [2.45, 2.75) is 26.6 Å². The molecule has 1 aliphatic heterocycles. The van der Waals surface area contributed by atoms with E-state index in [9.17, 15) is 0 Å². The molecule has 2 aromatic rings. The molecule has 0 spiro atoms. The van der Waals surface area contributed by atoms with Crippen LogP contribution in [0.1, 0.15) is 12.7 Å². The Bertz CT molecular complexity index is 496. The van der Waals surface area contributed by atoms with E-state index < -0.39 is 0 Å². The summed E-state index contributed by atoms with van der Waals surface area (Å²) < 4.78 is 4.21. The van der Waals surface area contributed by atoms with Crippen molar-refractivity contribution in [3.05, 3.63) is 24.4 Å². The molecule has 3 rings (SSSR count). The number of rotatable bonds is 2. The summed E-state index contributed by atoms with van der Waals surface area (Å²) in [5.74, 6) is 1.12. The van der Waals surface area contributed by atoms with E-state index in [-0.39, 0.29) is 0 Å². The molecule has 84 valence electrons. The van der Waals surface area contributed by atoms with Crippen LogP contribution in [-0.2, 0) is 19.6 Å². The van der Waals surface area contributed by atoms with Crippen LogP contribution < -0.4 is 5.32 Å². The number of aromatic nitrogens is 4. The van der Waals surface area contributed by atoms with Crippen LogP contribution >= 0.6 is 0 Å². The highest BCUT2D eigenvalue weighted by atomic mass is 15.3. The van der Waals surface area contributed by atoms with Gasteiger partial charge in [-0.15, -0.1) is 0 Å². The summed E-state index contributed by atoms with van der Waals surface area (Å²) in [6.45, 7) is 5.86. The first-order valence-electron chi connectivity index (χ1n) is 5.66. The first kappa shape index (κ1) is 9.59. The van der Waals surface area contributed by atoms with Gasteiger partial charge in [0.1, 0.15) is 5.82 Å². The van der Waals surface area contributed by atoms with Crippen molar-refractivity contribution in [3.8, 4) is 11.3 Å². The molecule has 2 aromatic heterocycles. The van der Waals surface area contributed by atoms with E-state index in [1.807, 2.05) is 17.1 Å². The SMILES string of the molecule is CCn1cc(-c2cnc3n2CCNC3)cn1. The van der Waals surface area contributed by atoms with Crippen LogP contribution in [0.5, 0.6) is 0 Å². The molecule has 0 saturated heterocycles. The second-order valence-corrected chi connectivity index (χ2v) is 3.97. The summed E-state index contributed by atoms with van der Waals surface area (Å²) in [5.41, 5.74) is 2.33. The summed E-state index contributed by atoms with van der Waals surface area (Å²) in [7, 11) is 0. The van der Waals surface area contributed by atoms with E-state index >= 15 is 0 Å². The smallest absolute Gasteiger partial charge is 0.123 e. The Morgan fingerprint density at radius 2 is 2.38 bits per heavy atom. The van der Waals surface area contributed by atoms with Crippen LogP contribution in [0.25, 0.3) is 11.3 Å². The standard InChI is InChI=1S/C11H15N5/c1-2-15-8-9(5-14-15)10-6-13-11-7-12-3-4-16(10)11/h5-6,8,12H,2-4,7H2,1H3. The zero-order chi connectivity index (χ0) is 11.0. The molecule has 1 aliphatic rings. The maximum Gasteiger partial charge on any atom is 0.123 e. The van der Waals surface area contributed by atoms with Crippen LogP contribution in [0.4, 0.5) is 0 Å². The second kappa shape index (κ2) is 3.75. The molecule has 3 heterocycles. The fourth-order valence-electron chi connectivity index (χ4n) is 2.09. The van der Waals surface area contributed by atoms with Crippen molar-refractivity contribution in [2.75, 3.05) is 6.54 Å². The molecule has 1 N–H and O–H groups in total. The Labute approximate surface area is 94.1 Å². The first-order chi connectivity index (χ1) is 7.88. The summed E-state index contributed by atoms with van der Waals surface area (Å²) in [5, 5.41) is 7.62. The molecule has 0 atom stereocenters. The lowest BCUT2D eigenvalue weighted by molar-refractivity contribution is 0.508. The zero-order valence-electron chi connectivity index (χ0n) is 9.35. The van der Waals surface area contributed by atoms with Gasteiger partial charge in [-0.3, -0.25) is 4.68 Å². The lowest BCUT2D eigenvalue weighted by Gasteiger charge is -2.16. The summed E-state index contributed by atoms with van der Waals surface area (Å²) in [6.07, 6.45) is 5.93. The van der Waals surface area contributed by atoms with E-state index in [0.29, 0.717) is 0 Å². The molecule has 0 radical (unpaired) electrons. The van der Waals surface area contributed by atoms with Gasteiger partial charge in [0.2, 0.25) is 0 Å². The monoisotopic (exact) mass is 217 g/mol. The third-order valence-corrected chi connectivity index (χ3v) is 2.99. The number of imidazole rings is 1. The van der Waals surface area contributed by atoms with Crippen molar-refractivity contribution in [2.24, 2.45) is 0 Å². The summed E-state index contributed by atoms with van der Waals surface area (Å²) >= 11 is 0. The van der Waals surface area contributed by atoms with Crippen LogP contribution in [-0.4, -0.2) is 25.9 Å². The molecule has 0 saturated carbocycles. The van der Waals surface area contributed by atoms with E-state index in [4.69, 9.17) is 0 Å². The summed E-state index contributed by atoms with van der Waals surface area (Å²) in [4.78, 5) is 4.43. The number of nitrogens with one attached hydrogen (secondary N) is 1. The lowest BCUT2D eigenvalue weighted by Crippen LogP contribution is -2.28. The van der Waals surface area contributed by atoms with Crippen molar-refractivity contribution in [1.29, 1.82) is 0 Å². The highest BCUT2D eigenvalue weighted by molar-refractivity contribution is 5.57. The number of hydrogen-bond donors (Lipinski definition) is 1. The van der Waals surface area contributed by atoms with Gasteiger partial charge in [-0.2, -0.15) is 5.10 Å². The lowest BCUT2D eigenvalue weighted by atomic mass is 10.2. The van der Waals surface area contributed by atoms with Crippen LogP contribution in [0.3, 0.4) is 0 Å². The number of nitrogens with zero attached hydrogens (tertiary/aromatic N) is 4. The van der Waals surface area contributed by atoms with Gasteiger partial charge in [-0.05, 0) is 6.92 Å². The minimum Gasteiger partial charge on any atom is -0.326 e. The normalized spacial score (nSPS) is 15.1. The molecular weight excluding hydrogens is 202 g/mol. The van der Waals surface area contributed by atoms with Gasteiger partial charge in [-0.1, -0.05) is 0 Å². The molecule has 0 fully saturated rings. The predicted octanol–water partition coefficient (Wildman–Crippen LogP) is 0.870. The highest BCUT2D eigenvalue weighted by Gasteiger charge is 2.15. The minimum atomic E-state index is 0.863. The average molecular weight is 217 g/mol. The molecular formula is C11H15N5. The van der Waals surface area contributed by atoms with Crippen LogP contribution in [0.2, 0.25) is 0 Å². The molecule has 16 heavy (non-hydrogen) atoms. The van der Waals surface area contributed by atoms with E-state index in [2.05, 4.69) is 33.1 Å². The van der Waals surface area contributed by atoms with Crippen LogP contribution in [0, 0.1) is 0 Å². The number of aryl methyl sites for hydroxylation is 1. The van der Waals surface area contributed by atoms with Crippen LogP contribution in [0.15, 0.2) is 18.6 Å². The van der Waals surface area contributed by atoms with Gasteiger partial charge in [0.15, 0.2) is 0 Å². The predicted molar refractivity (Wildman–Crippen MR) is 60.8 cm³/mol. The van der Waals surface area contributed by atoms with E-state index in [1.54, 1.807) is 0 Å². The molecule has 5 nitrogen and oxygen atoms in total. The van der Waals surface area contributed by atoms with E-state index in [1.165, 1.54) is 5.69 Å². The Balaban J connectivity index is 2.02. The largest absolute Gasteiger partial charge is 0.326 e. The number of fused-ring (bicyclic) bond motifs is 1. The minimum absolute atomic E-state index is 0.863. The molecule has 0 unspecified atom stereocenters. The maximum absolute atomic E-state index is 4.43. The molecule has 5 heteroatoms. The molecule has 0 amide bonds. The van der Waals surface area contributed by atoms with Gasteiger partial charge in [0.05, 0.1) is 24.6 Å². The van der Waals surface area contributed by atoms with Gasteiger partial charge in [-0.25, -0.2) is 4.98 Å². The van der Waals surface area contributed by atoms with Gasteiger partial charge in [0, 0.05) is 31.4 Å². The van der Waals surface area contributed by atoms with Crippen molar-refractivity contribution in [1.82, 2.24) is 24.6 Å². The quantitative estimate of drug-likeness (QED) is 0.812. The van der Waals surface area contributed by atoms with Gasteiger partial charge in [0.25, 0.3) is 0 Å². The highest BCUT2D eigenvalue weighted by Crippen LogP contribution is 2.21. The molecule has 0 aromatic carbocycles. The Hall–Kier alpha value is -1.62. The fourth-order valence-corrected chi connectivity index (χ4v) is 2.09. The molecule has 0 aliphatic carbocycles. The first-order valence-corrected chi connectivity index (χ1v) is 5.66. The Morgan fingerprint density at radius 3 is 3.19 bits per heavy atom. The molecule has 0 bridgehead atoms. The Kier molecular flexibility index (Phi) is 2.25. The second-order valence-electron chi connectivity index (χ2n) is 3.97. The third-order valence-electron chi connectivity index (χ3n) is 2.99. The zero-order valence-corrected chi connectivity index (χ0v) is 9.35. The third kappa shape index (κ3) is 1.44.